The molecule has 6 rings (SSSR count). The molecule has 0 unspecified atom stereocenters. The third-order valence-electron chi connectivity index (χ3n) is 5.96. The molecule has 2 aliphatic rings. The van der Waals surface area contributed by atoms with Crippen molar-refractivity contribution in [2.24, 2.45) is 7.05 Å². The van der Waals surface area contributed by atoms with Crippen molar-refractivity contribution >= 4 is 28.4 Å². The third kappa shape index (κ3) is 2.83. The highest BCUT2D eigenvalue weighted by Gasteiger charge is 2.34. The van der Waals surface area contributed by atoms with E-state index < -0.39 is 0 Å². The van der Waals surface area contributed by atoms with E-state index in [-0.39, 0.29) is 5.91 Å². The molecule has 1 aromatic carbocycles. The molecule has 4 heterocycles. The molecule has 4 aromatic rings. The van der Waals surface area contributed by atoms with E-state index in [0.29, 0.717) is 46.6 Å². The van der Waals surface area contributed by atoms with Crippen LogP contribution < -0.4 is 10.1 Å². The molecule has 2 N–H and O–H groups in total. The number of methoxy groups -OCH3 is 1. The Kier molecular flexibility index (Phi) is 3.98. The summed E-state index contributed by atoms with van der Waals surface area (Å²) in [6, 6.07) is 5.73. The Morgan fingerprint density at radius 1 is 1.22 bits per heavy atom. The summed E-state index contributed by atoms with van der Waals surface area (Å²) in [5, 5.41) is 7.87. The zero-order valence-corrected chi connectivity index (χ0v) is 18.0. The van der Waals surface area contributed by atoms with Crippen molar-refractivity contribution in [3.8, 4) is 17.1 Å². The Balaban J connectivity index is 1.53. The summed E-state index contributed by atoms with van der Waals surface area (Å²) in [6.45, 7) is 0.458. The Labute approximate surface area is 183 Å². The molecule has 10 nitrogen and oxygen atoms in total. The number of H-pyrrole nitrogens is 1. The van der Waals surface area contributed by atoms with Crippen LogP contribution in [0, 0.1) is 0 Å². The Morgan fingerprint density at radius 3 is 2.78 bits per heavy atom. The molecule has 162 valence electrons. The lowest BCUT2D eigenvalue weighted by Crippen LogP contribution is -2.18. The van der Waals surface area contributed by atoms with Crippen LogP contribution in [-0.4, -0.2) is 54.7 Å². The van der Waals surface area contributed by atoms with E-state index in [1.807, 2.05) is 25.2 Å². The van der Waals surface area contributed by atoms with E-state index in [9.17, 15) is 4.79 Å². The van der Waals surface area contributed by atoms with E-state index in [1.54, 1.807) is 30.1 Å². The number of ether oxygens (including phenoxy) is 1. The first-order chi connectivity index (χ1) is 15.5. The Bertz CT molecular complexity index is 1380. The smallest absolute Gasteiger partial charge is 0.258 e. The second-order valence-electron chi connectivity index (χ2n) is 8.32. The number of carbonyl (C=O) groups is 1. The first kappa shape index (κ1) is 18.8. The van der Waals surface area contributed by atoms with Gasteiger partial charge in [0.05, 0.1) is 41.9 Å². The number of hydrogen-bond donors (Lipinski definition) is 2. The number of para-hydroxylation sites is 1. The van der Waals surface area contributed by atoms with Gasteiger partial charge in [-0.25, -0.2) is 15.0 Å². The maximum atomic E-state index is 13.0. The molecule has 32 heavy (non-hydrogen) atoms. The van der Waals surface area contributed by atoms with Crippen LogP contribution in [0.15, 0.2) is 24.5 Å². The van der Waals surface area contributed by atoms with Crippen molar-refractivity contribution in [3.05, 3.63) is 41.6 Å². The third-order valence-corrected chi connectivity index (χ3v) is 5.96. The summed E-state index contributed by atoms with van der Waals surface area (Å²) < 4.78 is 7.40. The molecule has 1 fully saturated rings. The second kappa shape index (κ2) is 6.78. The van der Waals surface area contributed by atoms with E-state index in [0.717, 1.165) is 35.4 Å². The van der Waals surface area contributed by atoms with Gasteiger partial charge in [-0.1, -0.05) is 6.07 Å². The predicted molar refractivity (Wildman–Crippen MR) is 118 cm³/mol. The number of fused-ring (bicyclic) bond motifs is 2. The number of amides is 1. The molecule has 3 aromatic heterocycles. The molecular formula is C22H22N8O2. The van der Waals surface area contributed by atoms with Crippen molar-refractivity contribution < 1.29 is 9.53 Å². The lowest BCUT2D eigenvalue weighted by molar-refractivity contribution is 0.0817. The average Bonchev–Trinajstić information content (AvgIpc) is 3.30. The van der Waals surface area contributed by atoms with Crippen molar-refractivity contribution in [2.45, 2.75) is 25.3 Å². The number of rotatable bonds is 5. The maximum Gasteiger partial charge on any atom is 0.258 e. The zero-order chi connectivity index (χ0) is 22.0. The molecule has 1 saturated carbocycles. The summed E-state index contributed by atoms with van der Waals surface area (Å²) in [4.78, 5) is 31.9. The molecule has 0 saturated heterocycles. The van der Waals surface area contributed by atoms with E-state index in [2.05, 4.69) is 20.4 Å². The number of imidazole rings is 1. The summed E-state index contributed by atoms with van der Waals surface area (Å²) in [5.74, 6) is 2.46. The minimum Gasteiger partial charge on any atom is -0.494 e. The van der Waals surface area contributed by atoms with Crippen molar-refractivity contribution in [1.82, 2.24) is 34.6 Å². The first-order valence-electron chi connectivity index (χ1n) is 10.5. The van der Waals surface area contributed by atoms with Crippen molar-refractivity contribution in [1.29, 1.82) is 0 Å². The number of carbonyl (C=O) groups excluding carboxylic acids is 1. The molecule has 0 atom stereocenters. The Morgan fingerprint density at radius 2 is 2.06 bits per heavy atom. The van der Waals surface area contributed by atoms with Gasteiger partial charge < -0.3 is 19.9 Å². The van der Waals surface area contributed by atoms with Crippen LogP contribution in [0.2, 0.25) is 0 Å². The number of benzene rings is 1. The monoisotopic (exact) mass is 430 g/mol. The number of aromatic amines is 1. The maximum absolute atomic E-state index is 13.0. The minimum absolute atomic E-state index is 0.0685. The van der Waals surface area contributed by atoms with Crippen LogP contribution >= 0.6 is 0 Å². The van der Waals surface area contributed by atoms with Gasteiger partial charge in [0.1, 0.15) is 17.7 Å². The highest BCUT2D eigenvalue weighted by atomic mass is 16.5. The number of nitrogens with one attached hydrogen (secondary N) is 2. The average molecular weight is 430 g/mol. The lowest BCUT2D eigenvalue weighted by Gasteiger charge is -2.16. The van der Waals surface area contributed by atoms with Crippen LogP contribution in [0.5, 0.6) is 5.75 Å². The quantitative estimate of drug-likeness (QED) is 0.500. The number of hydrogen-bond acceptors (Lipinski definition) is 7. The fourth-order valence-electron chi connectivity index (χ4n) is 4.23. The topological polar surface area (TPSA) is 114 Å². The van der Waals surface area contributed by atoms with Crippen LogP contribution in [0.25, 0.3) is 22.6 Å². The molecule has 0 bridgehead atoms. The summed E-state index contributed by atoms with van der Waals surface area (Å²) >= 11 is 0. The highest BCUT2D eigenvalue weighted by Crippen LogP contribution is 2.43. The Hall–Kier alpha value is -3.95. The molecule has 10 heteroatoms. The van der Waals surface area contributed by atoms with Gasteiger partial charge in [-0.2, -0.15) is 5.10 Å². The van der Waals surface area contributed by atoms with Gasteiger partial charge in [-0.3, -0.25) is 9.48 Å². The van der Waals surface area contributed by atoms with Gasteiger partial charge in [0.15, 0.2) is 17.2 Å². The van der Waals surface area contributed by atoms with E-state index in [4.69, 9.17) is 14.7 Å². The fourth-order valence-corrected chi connectivity index (χ4v) is 4.23. The van der Waals surface area contributed by atoms with E-state index >= 15 is 0 Å². The van der Waals surface area contributed by atoms with Gasteiger partial charge in [-0.15, -0.1) is 0 Å². The summed E-state index contributed by atoms with van der Waals surface area (Å²) in [5.41, 5.74) is 4.78. The molecule has 1 amide bonds. The molecule has 1 aliphatic heterocycles. The highest BCUT2D eigenvalue weighted by molar-refractivity contribution is 6.09. The standard InChI is InChI=1S/C22H22N8O2/c1-29-9-14-15(22(29)31)16(17-21(25-14)27-19(26-17)11-7-8-11)24-13-6-4-5-12(18(13)32-3)20-23-10-30(2)28-20/h4-6,10-11H,7-9H2,1-3H3,(H2,24,25,26,27). The lowest BCUT2D eigenvalue weighted by atomic mass is 10.1. The number of aromatic nitrogens is 6. The molecule has 1 aliphatic carbocycles. The van der Waals surface area contributed by atoms with Crippen LogP contribution in [0.4, 0.5) is 11.4 Å². The predicted octanol–water partition coefficient (Wildman–Crippen LogP) is 2.97. The zero-order valence-electron chi connectivity index (χ0n) is 18.0. The van der Waals surface area contributed by atoms with E-state index in [1.165, 1.54) is 0 Å². The van der Waals surface area contributed by atoms with Crippen LogP contribution in [0.1, 0.15) is 40.6 Å². The number of nitrogens with zero attached hydrogens (tertiary/aromatic N) is 6. The largest absolute Gasteiger partial charge is 0.494 e. The van der Waals surface area contributed by atoms with Gasteiger partial charge >= 0.3 is 0 Å². The van der Waals surface area contributed by atoms with Gasteiger partial charge in [0.25, 0.3) is 5.91 Å². The van der Waals surface area contributed by atoms with Gasteiger partial charge in [0, 0.05) is 20.0 Å². The fraction of sp³-hybridized carbons (Fsp3) is 0.318. The molecular weight excluding hydrogens is 408 g/mol. The summed E-state index contributed by atoms with van der Waals surface area (Å²) in [7, 11) is 5.21. The van der Waals surface area contributed by atoms with Crippen molar-refractivity contribution in [3.63, 3.8) is 0 Å². The van der Waals surface area contributed by atoms with Crippen LogP contribution in [-0.2, 0) is 13.6 Å². The summed E-state index contributed by atoms with van der Waals surface area (Å²) in [6.07, 6.45) is 3.89. The van der Waals surface area contributed by atoms with Crippen LogP contribution in [0.3, 0.4) is 0 Å². The normalized spacial score (nSPS) is 15.5. The second-order valence-corrected chi connectivity index (χ2v) is 8.32. The minimum atomic E-state index is -0.0685. The number of anilines is 2. The molecule has 0 spiro atoms. The first-order valence-corrected chi connectivity index (χ1v) is 10.5. The number of pyridine rings is 1. The van der Waals surface area contributed by atoms with Gasteiger partial charge in [-0.05, 0) is 25.0 Å². The van der Waals surface area contributed by atoms with Gasteiger partial charge in [0.2, 0.25) is 0 Å². The SMILES string of the molecule is COc1c(Nc2c3c(nc4nc(C5CC5)[nH]c24)CN(C)C3=O)cccc1-c1ncn(C)n1. The van der Waals surface area contributed by atoms with Crippen molar-refractivity contribution in [2.75, 3.05) is 19.5 Å². The number of aryl methyl sites for hydroxylation is 1. The molecule has 0 radical (unpaired) electrons.